The molecule has 2 aliphatic rings. The van der Waals surface area contributed by atoms with Crippen LogP contribution in [0.15, 0.2) is 75.7 Å². The first-order valence-corrected chi connectivity index (χ1v) is 11.1. The molecule has 0 saturated carbocycles. The van der Waals surface area contributed by atoms with Crippen LogP contribution >= 0.6 is 27.5 Å². The van der Waals surface area contributed by atoms with Crippen LogP contribution in [0.25, 0.3) is 0 Å². The van der Waals surface area contributed by atoms with E-state index in [1.807, 2.05) is 36.4 Å². The molecule has 7 heteroatoms. The van der Waals surface area contributed by atoms with Crippen molar-refractivity contribution in [2.75, 3.05) is 4.90 Å². The Kier molecular flexibility index (Phi) is 5.48. The summed E-state index contributed by atoms with van der Waals surface area (Å²) in [5.41, 5.74) is 15.3. The molecule has 1 heterocycles. The molecule has 0 fully saturated rings. The van der Waals surface area contributed by atoms with E-state index in [2.05, 4.69) is 29.8 Å². The molecule has 0 bridgehead atoms. The van der Waals surface area contributed by atoms with Crippen LogP contribution in [0.4, 0.5) is 5.69 Å². The molecule has 31 heavy (non-hydrogen) atoms. The first kappa shape index (κ1) is 21.7. The van der Waals surface area contributed by atoms with Crippen molar-refractivity contribution in [2.24, 2.45) is 16.9 Å². The molecule has 2 aromatic carbocycles. The summed E-state index contributed by atoms with van der Waals surface area (Å²) in [6.07, 6.45) is 1.01. The highest BCUT2D eigenvalue weighted by Gasteiger charge is 2.45. The fraction of sp³-hybridized carbons (Fsp3) is 0.250. The maximum absolute atomic E-state index is 13.5. The van der Waals surface area contributed by atoms with Gasteiger partial charge in [0.25, 0.3) is 0 Å². The Morgan fingerprint density at radius 2 is 1.84 bits per heavy atom. The quantitative estimate of drug-likeness (QED) is 0.620. The Morgan fingerprint density at radius 3 is 2.45 bits per heavy atom. The summed E-state index contributed by atoms with van der Waals surface area (Å²) in [5.74, 6) is -1.04. The predicted molar refractivity (Wildman–Crippen MR) is 126 cm³/mol. The van der Waals surface area contributed by atoms with Gasteiger partial charge in [0, 0.05) is 38.8 Å². The number of benzene rings is 2. The maximum Gasteiger partial charge on any atom is 0.249 e. The number of carbonyl (C=O) groups excluding carboxylic acids is 2. The third-order valence-corrected chi connectivity index (χ3v) is 6.56. The van der Waals surface area contributed by atoms with Crippen molar-refractivity contribution in [3.63, 3.8) is 0 Å². The number of carbonyl (C=O) groups is 2. The number of rotatable bonds is 3. The number of primary amides is 1. The van der Waals surface area contributed by atoms with Crippen molar-refractivity contribution in [2.45, 2.75) is 32.6 Å². The Bertz CT molecular complexity index is 1150. The van der Waals surface area contributed by atoms with Crippen LogP contribution in [0.3, 0.4) is 0 Å². The molecule has 0 radical (unpaired) electrons. The number of ketones is 1. The SMILES string of the molecule is CC1(C)CC(=O)C2=C(C1)N(c1cccc(Cl)c1)C(N)=C(C(N)=O)C2c1ccc(Br)cc1. The van der Waals surface area contributed by atoms with E-state index < -0.39 is 11.8 Å². The summed E-state index contributed by atoms with van der Waals surface area (Å²) < 4.78 is 0.899. The van der Waals surface area contributed by atoms with Crippen LogP contribution in [0.2, 0.25) is 5.02 Å². The molecule has 160 valence electrons. The maximum atomic E-state index is 13.5. The topological polar surface area (TPSA) is 89.4 Å². The lowest BCUT2D eigenvalue weighted by Crippen LogP contribution is -2.44. The molecule has 5 nitrogen and oxygen atoms in total. The van der Waals surface area contributed by atoms with E-state index in [1.54, 1.807) is 17.0 Å². The minimum Gasteiger partial charge on any atom is -0.384 e. The van der Waals surface area contributed by atoms with E-state index in [9.17, 15) is 9.59 Å². The van der Waals surface area contributed by atoms with Gasteiger partial charge in [-0.2, -0.15) is 0 Å². The van der Waals surface area contributed by atoms with Gasteiger partial charge in [0.1, 0.15) is 5.82 Å². The van der Waals surface area contributed by atoms with Gasteiger partial charge in [0.15, 0.2) is 5.78 Å². The van der Waals surface area contributed by atoms with Crippen molar-refractivity contribution in [3.05, 3.63) is 86.3 Å². The summed E-state index contributed by atoms with van der Waals surface area (Å²) in [4.78, 5) is 27.9. The number of Topliss-reactive ketones (excluding diaryl/α,β-unsaturated/α-hetero) is 1. The zero-order chi connectivity index (χ0) is 22.5. The molecular weight excluding hydrogens is 478 g/mol. The van der Waals surface area contributed by atoms with Gasteiger partial charge in [0.2, 0.25) is 5.91 Å². The number of halogens is 2. The summed E-state index contributed by atoms with van der Waals surface area (Å²) in [5, 5.41) is 0.532. The lowest BCUT2D eigenvalue weighted by atomic mass is 9.68. The Balaban J connectivity index is 2.03. The molecule has 4 rings (SSSR count). The number of hydrogen-bond acceptors (Lipinski definition) is 4. The van der Waals surface area contributed by atoms with Gasteiger partial charge in [0.05, 0.1) is 5.57 Å². The number of nitrogens with two attached hydrogens (primary N) is 2. The molecule has 1 atom stereocenters. The minimum absolute atomic E-state index is 0.00236. The Hall–Kier alpha value is -2.57. The molecule has 0 aromatic heterocycles. The van der Waals surface area contributed by atoms with Gasteiger partial charge in [-0.1, -0.05) is 59.6 Å². The summed E-state index contributed by atoms with van der Waals surface area (Å²) in [6.45, 7) is 4.12. The minimum atomic E-state index is -0.651. The zero-order valence-corrected chi connectivity index (χ0v) is 19.6. The van der Waals surface area contributed by atoms with E-state index in [1.165, 1.54) is 0 Å². The number of nitrogens with zero attached hydrogens (tertiary/aromatic N) is 1. The highest BCUT2D eigenvalue weighted by Crippen LogP contribution is 2.50. The lowest BCUT2D eigenvalue weighted by Gasteiger charge is -2.44. The molecule has 1 aliphatic heterocycles. The van der Waals surface area contributed by atoms with E-state index in [4.69, 9.17) is 23.1 Å². The lowest BCUT2D eigenvalue weighted by molar-refractivity contribution is -0.118. The van der Waals surface area contributed by atoms with Crippen LogP contribution in [-0.4, -0.2) is 11.7 Å². The van der Waals surface area contributed by atoms with Crippen molar-refractivity contribution >= 4 is 44.9 Å². The van der Waals surface area contributed by atoms with Crippen molar-refractivity contribution in [3.8, 4) is 0 Å². The highest BCUT2D eigenvalue weighted by atomic mass is 79.9. The first-order valence-electron chi connectivity index (χ1n) is 9.96. The molecule has 1 aliphatic carbocycles. The van der Waals surface area contributed by atoms with Crippen molar-refractivity contribution in [1.29, 1.82) is 0 Å². The van der Waals surface area contributed by atoms with Crippen LogP contribution < -0.4 is 16.4 Å². The van der Waals surface area contributed by atoms with Crippen molar-refractivity contribution < 1.29 is 9.59 Å². The predicted octanol–water partition coefficient (Wildman–Crippen LogP) is 5.01. The first-order chi connectivity index (χ1) is 14.6. The second kappa shape index (κ2) is 7.84. The zero-order valence-electron chi connectivity index (χ0n) is 17.3. The monoisotopic (exact) mass is 499 g/mol. The molecule has 4 N–H and O–H groups in total. The normalized spacial score (nSPS) is 20.7. The molecule has 1 unspecified atom stereocenters. The fourth-order valence-electron chi connectivity index (χ4n) is 4.55. The number of amides is 1. The van der Waals surface area contributed by atoms with Crippen molar-refractivity contribution in [1.82, 2.24) is 0 Å². The van der Waals surface area contributed by atoms with Crippen LogP contribution in [0.1, 0.15) is 38.2 Å². The van der Waals surface area contributed by atoms with Crippen LogP contribution in [0.5, 0.6) is 0 Å². The molecule has 0 spiro atoms. The molecule has 0 saturated heterocycles. The second-order valence-electron chi connectivity index (χ2n) is 8.76. The molecule has 2 aromatic rings. The van der Waals surface area contributed by atoms with Gasteiger partial charge < -0.3 is 11.5 Å². The number of anilines is 1. The van der Waals surface area contributed by atoms with Crippen LogP contribution in [0, 0.1) is 5.41 Å². The fourth-order valence-corrected chi connectivity index (χ4v) is 5.00. The molecule has 1 amide bonds. The van der Waals surface area contributed by atoms with E-state index in [0.29, 0.717) is 29.1 Å². The van der Waals surface area contributed by atoms with Gasteiger partial charge in [-0.15, -0.1) is 0 Å². The third kappa shape index (κ3) is 3.90. The number of hydrogen-bond donors (Lipinski definition) is 2. The Morgan fingerprint density at radius 1 is 1.16 bits per heavy atom. The second-order valence-corrected chi connectivity index (χ2v) is 10.1. The molecular formula is C24H23BrClN3O2. The smallest absolute Gasteiger partial charge is 0.249 e. The average Bonchev–Trinajstić information content (AvgIpc) is 2.66. The van der Waals surface area contributed by atoms with Crippen LogP contribution in [-0.2, 0) is 9.59 Å². The van der Waals surface area contributed by atoms with Gasteiger partial charge in [-0.25, -0.2) is 0 Å². The van der Waals surface area contributed by atoms with Gasteiger partial charge in [-0.05, 0) is 47.7 Å². The summed E-state index contributed by atoms with van der Waals surface area (Å²) in [6, 6.07) is 14.7. The Labute approximate surface area is 194 Å². The third-order valence-electron chi connectivity index (χ3n) is 5.80. The van der Waals surface area contributed by atoms with E-state index >= 15 is 0 Å². The van der Waals surface area contributed by atoms with E-state index in [-0.39, 0.29) is 22.6 Å². The highest BCUT2D eigenvalue weighted by molar-refractivity contribution is 9.10. The van der Waals surface area contributed by atoms with Gasteiger partial charge in [-0.3, -0.25) is 14.5 Å². The standard InChI is InChI=1S/C24H23BrClN3O2/c1-24(2)11-17-20(18(30)12-24)19(13-6-8-14(25)9-7-13)21(23(28)31)22(27)29(17)16-5-3-4-15(26)10-16/h3-10,19H,11-12,27H2,1-2H3,(H2,28,31). The number of allylic oxidation sites excluding steroid dienone is 2. The van der Waals surface area contributed by atoms with Gasteiger partial charge >= 0.3 is 0 Å². The van der Waals surface area contributed by atoms with E-state index in [0.717, 1.165) is 15.7 Å². The largest absolute Gasteiger partial charge is 0.384 e. The average molecular weight is 501 g/mol. The summed E-state index contributed by atoms with van der Waals surface area (Å²) in [7, 11) is 0. The summed E-state index contributed by atoms with van der Waals surface area (Å²) >= 11 is 9.69.